The fourth-order valence-corrected chi connectivity index (χ4v) is 1.15. The fraction of sp³-hybridized carbons (Fsp3) is 0.111. The Morgan fingerprint density at radius 1 is 1.29 bits per heavy atom. The van der Waals surface area contributed by atoms with E-state index in [4.69, 9.17) is 16.3 Å². The predicted octanol–water partition coefficient (Wildman–Crippen LogP) is 0.0154. The summed E-state index contributed by atoms with van der Waals surface area (Å²) in [5.74, 6) is -1.35. The van der Waals surface area contributed by atoms with Crippen molar-refractivity contribution in [2.24, 2.45) is 0 Å². The molecule has 1 rings (SSSR count). The van der Waals surface area contributed by atoms with E-state index in [1.54, 1.807) is 0 Å². The van der Waals surface area contributed by atoms with Crippen molar-refractivity contribution in [3.63, 3.8) is 0 Å². The summed E-state index contributed by atoms with van der Waals surface area (Å²) in [5, 5.41) is 0. The third-order valence-electron chi connectivity index (χ3n) is 1.75. The molecule has 88 valence electrons. The van der Waals surface area contributed by atoms with Gasteiger partial charge >= 0.3 is 58.4 Å². The van der Waals surface area contributed by atoms with Crippen LogP contribution >= 0.6 is 11.6 Å². The summed E-state index contributed by atoms with van der Waals surface area (Å²) < 4.78 is 55.0. The summed E-state index contributed by atoms with van der Waals surface area (Å²) in [4.78, 5) is 0. The molecular weight excluding hydrogens is 285 g/mol. The van der Waals surface area contributed by atoms with Gasteiger partial charge in [-0.1, -0.05) is 17.1 Å². The molecule has 8 heteroatoms. The summed E-state index contributed by atoms with van der Waals surface area (Å²) in [6, 6.07) is 2.27. The summed E-state index contributed by atoms with van der Waals surface area (Å²) in [6.07, 6.45) is 1.33. The van der Waals surface area contributed by atoms with Gasteiger partial charge in [-0.2, -0.15) is 0 Å². The van der Waals surface area contributed by atoms with Crippen molar-refractivity contribution in [3.05, 3.63) is 35.6 Å². The molecule has 0 spiro atoms. The molecule has 0 unspecified atom stereocenters. The number of rotatable bonds is 4. The SMILES string of the molecule is Fc1ccc(OC/C=C/Cl)c([B-](F)(F)F)c1.[K+]. The molecule has 1 nitrogen and oxygen atoms in total. The molecule has 0 aromatic heterocycles. The number of hydrogen-bond donors (Lipinski definition) is 0. The summed E-state index contributed by atoms with van der Waals surface area (Å²) in [6.45, 7) is -5.40. The van der Waals surface area contributed by atoms with Crippen molar-refractivity contribution in [1.82, 2.24) is 0 Å². The number of ether oxygens (including phenoxy) is 1. The van der Waals surface area contributed by atoms with E-state index in [0.29, 0.717) is 6.07 Å². The Labute approximate surface area is 144 Å². The molecule has 0 aliphatic heterocycles. The van der Waals surface area contributed by atoms with Crippen LogP contribution in [0.4, 0.5) is 17.3 Å². The van der Waals surface area contributed by atoms with E-state index in [2.05, 4.69) is 0 Å². The maximum absolute atomic E-state index is 12.7. The average molecular weight is 293 g/mol. The van der Waals surface area contributed by atoms with Crippen LogP contribution in [0, 0.1) is 5.82 Å². The van der Waals surface area contributed by atoms with Crippen molar-refractivity contribution in [3.8, 4) is 5.75 Å². The zero-order valence-corrected chi connectivity index (χ0v) is 12.8. The Bertz CT molecular complexity index is 397. The van der Waals surface area contributed by atoms with Crippen LogP contribution in [0.1, 0.15) is 0 Å². The van der Waals surface area contributed by atoms with E-state index in [1.807, 2.05) is 0 Å². The predicted molar refractivity (Wildman–Crippen MR) is 55.6 cm³/mol. The number of benzene rings is 1. The van der Waals surface area contributed by atoms with Crippen LogP contribution in [0.5, 0.6) is 5.75 Å². The number of hydrogen-bond acceptors (Lipinski definition) is 1. The van der Waals surface area contributed by atoms with Gasteiger partial charge in [0.1, 0.15) is 12.4 Å². The van der Waals surface area contributed by atoms with Crippen molar-refractivity contribution < 1.29 is 73.5 Å². The van der Waals surface area contributed by atoms with Gasteiger partial charge in [0.15, 0.2) is 0 Å². The van der Waals surface area contributed by atoms with Gasteiger partial charge in [-0.05, 0) is 24.3 Å². The van der Waals surface area contributed by atoms with Gasteiger partial charge in [-0.15, -0.1) is 0 Å². The molecule has 0 saturated heterocycles. The first kappa shape index (κ1) is 17.5. The average Bonchev–Trinajstić information content (AvgIpc) is 2.19. The standard InChI is InChI=1S/C9H7BClF4O.K/c11-4-1-5-16-9-3-2-7(12)6-8(9)10(13,14)15;/h1-4,6H,5H2;/q-1;+1/b4-1+;. The van der Waals surface area contributed by atoms with Crippen LogP contribution in [-0.2, 0) is 0 Å². The fourth-order valence-electron chi connectivity index (χ4n) is 1.08. The first-order valence-electron chi connectivity index (χ1n) is 4.32. The van der Waals surface area contributed by atoms with Gasteiger partial charge in [-0.3, -0.25) is 0 Å². The molecular formula is C9H7BClF4KO. The zero-order chi connectivity index (χ0) is 12.2. The van der Waals surface area contributed by atoms with Gasteiger partial charge in [0.25, 0.3) is 0 Å². The van der Waals surface area contributed by atoms with Crippen molar-refractivity contribution in [1.29, 1.82) is 0 Å². The Kier molecular flexibility index (Phi) is 8.02. The Balaban J connectivity index is 0.00000256. The van der Waals surface area contributed by atoms with E-state index in [-0.39, 0.29) is 58.0 Å². The first-order valence-corrected chi connectivity index (χ1v) is 4.76. The van der Waals surface area contributed by atoms with Gasteiger partial charge in [-0.25, -0.2) is 4.39 Å². The van der Waals surface area contributed by atoms with Gasteiger partial charge in [0, 0.05) is 5.54 Å². The molecule has 17 heavy (non-hydrogen) atoms. The van der Waals surface area contributed by atoms with Crippen LogP contribution < -0.4 is 61.6 Å². The second-order valence-corrected chi connectivity index (χ2v) is 3.18. The van der Waals surface area contributed by atoms with Crippen LogP contribution in [0.2, 0.25) is 0 Å². The van der Waals surface area contributed by atoms with Crippen LogP contribution in [0.15, 0.2) is 29.8 Å². The van der Waals surface area contributed by atoms with E-state index in [9.17, 15) is 17.3 Å². The smallest absolute Gasteiger partial charge is 0.492 e. The molecule has 0 atom stereocenters. The monoisotopic (exact) mass is 292 g/mol. The second kappa shape index (κ2) is 7.81. The maximum atomic E-state index is 12.7. The summed E-state index contributed by atoms with van der Waals surface area (Å²) in [5.41, 5.74) is 0.0463. The minimum Gasteiger partial charge on any atom is -0.492 e. The minimum absolute atomic E-state index is 0. The number of halogens is 5. The van der Waals surface area contributed by atoms with Gasteiger partial charge in [0.05, 0.1) is 5.75 Å². The molecule has 0 N–H and O–H groups in total. The second-order valence-electron chi connectivity index (χ2n) is 2.93. The maximum Gasteiger partial charge on any atom is 1.00 e. The molecule has 0 fully saturated rings. The summed E-state index contributed by atoms with van der Waals surface area (Å²) >= 11 is 5.18. The van der Waals surface area contributed by atoms with Crippen LogP contribution in [0.3, 0.4) is 0 Å². The first-order chi connectivity index (χ1) is 7.45. The van der Waals surface area contributed by atoms with Gasteiger partial charge in [0.2, 0.25) is 0 Å². The molecule has 0 bridgehead atoms. The molecule has 0 radical (unpaired) electrons. The normalized spacial score (nSPS) is 11.4. The minimum atomic E-state index is -5.30. The molecule has 0 amide bonds. The van der Waals surface area contributed by atoms with E-state index in [0.717, 1.165) is 17.7 Å². The molecule has 1 aromatic carbocycles. The van der Waals surface area contributed by atoms with E-state index in [1.165, 1.54) is 6.08 Å². The van der Waals surface area contributed by atoms with E-state index < -0.39 is 24.0 Å². The van der Waals surface area contributed by atoms with Gasteiger partial charge < -0.3 is 17.7 Å². The summed E-state index contributed by atoms with van der Waals surface area (Å²) in [7, 11) is 0. The molecule has 1 aromatic rings. The largest absolute Gasteiger partial charge is 1.00 e. The Hall–Kier alpha value is 0.471. The topological polar surface area (TPSA) is 9.23 Å². The van der Waals surface area contributed by atoms with Crippen molar-refractivity contribution in [2.45, 2.75) is 0 Å². The van der Waals surface area contributed by atoms with Crippen molar-refractivity contribution >= 4 is 24.0 Å². The molecule has 0 saturated carbocycles. The zero-order valence-electron chi connectivity index (χ0n) is 8.97. The Morgan fingerprint density at radius 3 is 2.47 bits per heavy atom. The quantitative estimate of drug-likeness (QED) is 0.561. The molecule has 0 heterocycles. The van der Waals surface area contributed by atoms with E-state index >= 15 is 0 Å². The van der Waals surface area contributed by atoms with Crippen LogP contribution in [-0.4, -0.2) is 13.6 Å². The Morgan fingerprint density at radius 2 is 1.94 bits per heavy atom. The molecule has 0 aliphatic rings. The van der Waals surface area contributed by atoms with Crippen molar-refractivity contribution in [2.75, 3.05) is 6.61 Å². The third-order valence-corrected chi connectivity index (χ3v) is 1.93. The third kappa shape index (κ3) is 5.76. The van der Waals surface area contributed by atoms with Crippen LogP contribution in [0.25, 0.3) is 0 Å². The molecule has 0 aliphatic carbocycles.